The fraction of sp³-hybridized carbons (Fsp3) is 0.609. The number of hydrogen-bond acceptors (Lipinski definition) is 3. The number of piperidine rings is 1. The number of hydrogen-bond donors (Lipinski definition) is 1. The maximum atomic E-state index is 12.9. The Labute approximate surface area is 172 Å². The van der Waals surface area contributed by atoms with E-state index in [1.165, 1.54) is 12.8 Å². The molecule has 1 aromatic heterocycles. The van der Waals surface area contributed by atoms with Crippen molar-refractivity contribution in [2.24, 2.45) is 5.92 Å². The van der Waals surface area contributed by atoms with Crippen molar-refractivity contribution in [3.63, 3.8) is 0 Å². The molecule has 2 aromatic rings. The first-order chi connectivity index (χ1) is 14.2. The number of likely N-dealkylation sites (tertiary alicyclic amines) is 1. The minimum Gasteiger partial charge on any atom is -0.355 e. The van der Waals surface area contributed by atoms with Gasteiger partial charge < -0.3 is 14.8 Å². The molecule has 1 saturated heterocycles. The van der Waals surface area contributed by atoms with Crippen LogP contribution in [0.4, 0.5) is 0 Å². The summed E-state index contributed by atoms with van der Waals surface area (Å²) in [6.07, 6.45) is 9.62. The second kappa shape index (κ2) is 9.42. The van der Waals surface area contributed by atoms with E-state index in [0.717, 1.165) is 68.5 Å². The molecule has 6 heteroatoms. The normalized spacial score (nSPS) is 18.1. The molecule has 1 N–H and O–H groups in total. The third-order valence-corrected chi connectivity index (χ3v) is 6.36. The Morgan fingerprint density at radius 1 is 1.00 bits per heavy atom. The number of carbonyl (C=O) groups excluding carboxylic acids is 2. The highest BCUT2D eigenvalue weighted by Crippen LogP contribution is 2.23. The molecule has 0 unspecified atom stereocenters. The summed E-state index contributed by atoms with van der Waals surface area (Å²) in [7, 11) is 0. The molecule has 156 valence electrons. The summed E-state index contributed by atoms with van der Waals surface area (Å²) in [6, 6.07) is 7.97. The number of amides is 2. The molecule has 4 rings (SSSR count). The van der Waals surface area contributed by atoms with Gasteiger partial charge in [-0.3, -0.25) is 9.59 Å². The molecular formula is C23H32N4O2. The van der Waals surface area contributed by atoms with Gasteiger partial charge in [0.2, 0.25) is 11.8 Å². The van der Waals surface area contributed by atoms with E-state index in [9.17, 15) is 9.59 Å². The second-order valence-corrected chi connectivity index (χ2v) is 8.42. The number of aromatic nitrogens is 2. The van der Waals surface area contributed by atoms with Crippen LogP contribution in [0.25, 0.3) is 11.0 Å². The van der Waals surface area contributed by atoms with Gasteiger partial charge in [-0.05, 0) is 44.2 Å². The second-order valence-electron chi connectivity index (χ2n) is 8.42. The Bertz CT molecular complexity index is 848. The van der Waals surface area contributed by atoms with Crippen LogP contribution in [0.5, 0.6) is 0 Å². The van der Waals surface area contributed by atoms with E-state index in [2.05, 4.69) is 5.32 Å². The van der Waals surface area contributed by atoms with Gasteiger partial charge in [-0.25, -0.2) is 4.98 Å². The van der Waals surface area contributed by atoms with Crippen LogP contribution in [0.1, 0.15) is 57.2 Å². The number of nitrogens with one attached hydrogen (secondary N) is 1. The van der Waals surface area contributed by atoms with E-state index in [1.807, 2.05) is 33.7 Å². The van der Waals surface area contributed by atoms with Crippen molar-refractivity contribution in [1.82, 2.24) is 19.8 Å². The first-order valence-electron chi connectivity index (χ1n) is 11.2. The van der Waals surface area contributed by atoms with Gasteiger partial charge >= 0.3 is 0 Å². The number of carbonyl (C=O) groups is 2. The minimum absolute atomic E-state index is 0.167. The molecule has 1 aromatic carbocycles. The predicted molar refractivity (Wildman–Crippen MR) is 113 cm³/mol. The van der Waals surface area contributed by atoms with Crippen LogP contribution in [0, 0.1) is 5.92 Å². The molecule has 1 aliphatic heterocycles. The average Bonchev–Trinajstić information content (AvgIpc) is 3.12. The number of fused-ring (bicyclic) bond motifs is 1. The van der Waals surface area contributed by atoms with Crippen molar-refractivity contribution in [2.45, 2.75) is 64.3 Å². The summed E-state index contributed by atoms with van der Waals surface area (Å²) in [5.41, 5.74) is 1.90. The number of benzene rings is 1. The molecule has 0 bridgehead atoms. The molecule has 0 atom stereocenters. The Kier molecular flexibility index (Phi) is 6.47. The standard InChI is InChI=1S/C23H32N4O2/c28-22(26-15-7-2-8-16-26)17-27-20-12-6-5-11-19(20)25-21(27)13-14-24-23(29)18-9-3-1-4-10-18/h5-6,11-12,18H,1-4,7-10,13-17H2,(H,24,29). The van der Waals surface area contributed by atoms with E-state index < -0.39 is 0 Å². The molecule has 1 saturated carbocycles. The molecule has 0 spiro atoms. The van der Waals surface area contributed by atoms with Crippen molar-refractivity contribution in [3.05, 3.63) is 30.1 Å². The third-order valence-electron chi connectivity index (χ3n) is 6.36. The van der Waals surface area contributed by atoms with Crippen molar-refractivity contribution >= 4 is 22.8 Å². The zero-order chi connectivity index (χ0) is 20.1. The number of rotatable bonds is 6. The Hall–Kier alpha value is -2.37. The summed E-state index contributed by atoms with van der Waals surface area (Å²) in [5.74, 6) is 1.39. The Morgan fingerprint density at radius 2 is 1.72 bits per heavy atom. The lowest BCUT2D eigenvalue weighted by atomic mass is 9.89. The van der Waals surface area contributed by atoms with Gasteiger partial charge in [-0.1, -0.05) is 31.4 Å². The van der Waals surface area contributed by atoms with Crippen molar-refractivity contribution in [2.75, 3.05) is 19.6 Å². The highest BCUT2D eigenvalue weighted by molar-refractivity contribution is 5.81. The quantitative estimate of drug-likeness (QED) is 0.815. The fourth-order valence-corrected chi connectivity index (χ4v) is 4.68. The molecule has 6 nitrogen and oxygen atoms in total. The van der Waals surface area contributed by atoms with Gasteiger partial charge in [0.15, 0.2) is 0 Å². The van der Waals surface area contributed by atoms with Crippen LogP contribution in [0.3, 0.4) is 0 Å². The van der Waals surface area contributed by atoms with Crippen LogP contribution in [-0.4, -0.2) is 45.9 Å². The number of nitrogens with zero attached hydrogens (tertiary/aromatic N) is 3. The van der Waals surface area contributed by atoms with Crippen LogP contribution >= 0.6 is 0 Å². The smallest absolute Gasteiger partial charge is 0.242 e. The molecule has 0 radical (unpaired) electrons. The van der Waals surface area contributed by atoms with Crippen LogP contribution in [-0.2, 0) is 22.6 Å². The lowest BCUT2D eigenvalue weighted by Gasteiger charge is -2.27. The van der Waals surface area contributed by atoms with E-state index in [0.29, 0.717) is 19.5 Å². The van der Waals surface area contributed by atoms with Crippen LogP contribution < -0.4 is 5.32 Å². The monoisotopic (exact) mass is 396 g/mol. The SMILES string of the molecule is O=C(NCCc1nc2ccccc2n1CC(=O)N1CCCCC1)C1CCCCC1. The van der Waals surface area contributed by atoms with E-state index in [4.69, 9.17) is 4.98 Å². The zero-order valence-corrected chi connectivity index (χ0v) is 17.2. The van der Waals surface area contributed by atoms with E-state index in [-0.39, 0.29) is 17.7 Å². The van der Waals surface area contributed by atoms with Gasteiger partial charge in [-0.2, -0.15) is 0 Å². The summed E-state index contributed by atoms with van der Waals surface area (Å²) in [6.45, 7) is 2.61. The summed E-state index contributed by atoms with van der Waals surface area (Å²) in [5, 5.41) is 3.10. The third kappa shape index (κ3) is 4.80. The zero-order valence-electron chi connectivity index (χ0n) is 17.2. The fourth-order valence-electron chi connectivity index (χ4n) is 4.68. The predicted octanol–water partition coefficient (Wildman–Crippen LogP) is 3.29. The Balaban J connectivity index is 1.43. The number of para-hydroxylation sites is 2. The lowest BCUT2D eigenvalue weighted by Crippen LogP contribution is -2.38. The first-order valence-corrected chi connectivity index (χ1v) is 11.2. The van der Waals surface area contributed by atoms with Crippen LogP contribution in [0.2, 0.25) is 0 Å². The van der Waals surface area contributed by atoms with Crippen molar-refractivity contribution in [3.8, 4) is 0 Å². The molecular weight excluding hydrogens is 364 g/mol. The molecule has 2 heterocycles. The minimum atomic E-state index is 0.167. The topological polar surface area (TPSA) is 67.2 Å². The summed E-state index contributed by atoms with van der Waals surface area (Å²) in [4.78, 5) is 32.0. The van der Waals surface area contributed by atoms with Gasteiger partial charge in [-0.15, -0.1) is 0 Å². The molecule has 2 aliphatic rings. The van der Waals surface area contributed by atoms with Crippen LogP contribution in [0.15, 0.2) is 24.3 Å². The largest absolute Gasteiger partial charge is 0.355 e. The summed E-state index contributed by atoms with van der Waals surface area (Å²) < 4.78 is 2.04. The molecule has 1 aliphatic carbocycles. The molecule has 2 fully saturated rings. The molecule has 29 heavy (non-hydrogen) atoms. The first kappa shape index (κ1) is 19.9. The van der Waals surface area contributed by atoms with E-state index >= 15 is 0 Å². The van der Waals surface area contributed by atoms with E-state index in [1.54, 1.807) is 0 Å². The molecule has 2 amide bonds. The van der Waals surface area contributed by atoms with Gasteiger partial charge in [0.05, 0.1) is 11.0 Å². The average molecular weight is 397 g/mol. The maximum absolute atomic E-state index is 12.9. The maximum Gasteiger partial charge on any atom is 0.242 e. The number of imidazole rings is 1. The summed E-state index contributed by atoms with van der Waals surface area (Å²) >= 11 is 0. The van der Waals surface area contributed by atoms with Gasteiger partial charge in [0.25, 0.3) is 0 Å². The highest BCUT2D eigenvalue weighted by Gasteiger charge is 2.22. The Morgan fingerprint density at radius 3 is 2.52 bits per heavy atom. The van der Waals surface area contributed by atoms with Crippen molar-refractivity contribution < 1.29 is 9.59 Å². The highest BCUT2D eigenvalue weighted by atomic mass is 16.2. The van der Waals surface area contributed by atoms with Gasteiger partial charge in [0, 0.05) is 32.0 Å². The lowest BCUT2D eigenvalue weighted by molar-refractivity contribution is -0.132. The van der Waals surface area contributed by atoms with Gasteiger partial charge in [0.1, 0.15) is 12.4 Å². The van der Waals surface area contributed by atoms with Crippen molar-refractivity contribution in [1.29, 1.82) is 0 Å².